The van der Waals surface area contributed by atoms with Crippen LogP contribution in [0.5, 0.6) is 0 Å². The predicted octanol–water partition coefficient (Wildman–Crippen LogP) is 1.88. The van der Waals surface area contributed by atoms with Gasteiger partial charge in [0.2, 0.25) is 5.91 Å². The maximum absolute atomic E-state index is 12.1. The van der Waals surface area contributed by atoms with E-state index in [1.165, 1.54) is 25.7 Å². The topological polar surface area (TPSA) is 58.4 Å². The minimum absolute atomic E-state index is 0.116. The highest BCUT2D eigenvalue weighted by molar-refractivity contribution is 5.77. The van der Waals surface area contributed by atoms with E-state index in [0.717, 1.165) is 6.54 Å². The van der Waals surface area contributed by atoms with Crippen molar-refractivity contribution in [3.63, 3.8) is 0 Å². The summed E-state index contributed by atoms with van der Waals surface area (Å²) in [6, 6.07) is 0.865. The Morgan fingerprint density at radius 3 is 2.47 bits per heavy atom. The monoisotopic (exact) mass is 269 g/mol. The summed E-state index contributed by atoms with van der Waals surface area (Å²) in [7, 11) is 0. The van der Waals surface area contributed by atoms with Gasteiger partial charge in [-0.05, 0) is 46.6 Å². The molecule has 0 aromatic carbocycles. The van der Waals surface area contributed by atoms with Crippen LogP contribution < -0.4 is 11.1 Å². The first-order valence-corrected chi connectivity index (χ1v) is 7.64. The van der Waals surface area contributed by atoms with Gasteiger partial charge in [-0.15, -0.1) is 0 Å². The van der Waals surface area contributed by atoms with Crippen molar-refractivity contribution in [3.8, 4) is 0 Å². The molecule has 0 aliphatic heterocycles. The first-order valence-electron chi connectivity index (χ1n) is 7.64. The number of nitrogens with one attached hydrogen (secondary N) is 1. The molecule has 0 spiro atoms. The molecule has 0 radical (unpaired) electrons. The van der Waals surface area contributed by atoms with Gasteiger partial charge < -0.3 is 11.1 Å². The van der Waals surface area contributed by atoms with Crippen LogP contribution in [-0.4, -0.2) is 41.5 Å². The van der Waals surface area contributed by atoms with Gasteiger partial charge in [0, 0.05) is 30.6 Å². The third-order valence-electron chi connectivity index (χ3n) is 3.46. The molecule has 0 aromatic rings. The first-order chi connectivity index (χ1) is 8.87. The number of rotatable bonds is 8. The summed E-state index contributed by atoms with van der Waals surface area (Å²) in [5.41, 5.74) is 5.74. The van der Waals surface area contributed by atoms with Gasteiger partial charge in [0.05, 0.1) is 0 Å². The average Bonchev–Trinajstić information content (AvgIpc) is 3.09. The van der Waals surface area contributed by atoms with E-state index in [1.54, 1.807) is 0 Å². The molecule has 1 atom stereocenters. The summed E-state index contributed by atoms with van der Waals surface area (Å²) in [5, 5.41) is 3.03. The van der Waals surface area contributed by atoms with Gasteiger partial charge in [0.25, 0.3) is 0 Å². The van der Waals surface area contributed by atoms with Crippen LogP contribution in [0.3, 0.4) is 0 Å². The molecule has 4 heteroatoms. The summed E-state index contributed by atoms with van der Waals surface area (Å²) in [6.45, 7) is 9.88. The maximum Gasteiger partial charge on any atom is 0.222 e. The van der Waals surface area contributed by atoms with Gasteiger partial charge >= 0.3 is 0 Å². The van der Waals surface area contributed by atoms with Crippen molar-refractivity contribution in [2.45, 2.75) is 77.4 Å². The van der Waals surface area contributed by atoms with E-state index in [-0.39, 0.29) is 17.5 Å². The molecule has 0 heterocycles. The number of amides is 1. The molecule has 1 aliphatic carbocycles. The van der Waals surface area contributed by atoms with E-state index in [9.17, 15) is 4.79 Å². The van der Waals surface area contributed by atoms with E-state index >= 15 is 0 Å². The van der Waals surface area contributed by atoms with E-state index < -0.39 is 0 Å². The minimum Gasteiger partial charge on any atom is -0.351 e. The quantitative estimate of drug-likeness (QED) is 0.707. The fourth-order valence-electron chi connectivity index (χ4n) is 2.43. The van der Waals surface area contributed by atoms with Crippen molar-refractivity contribution >= 4 is 5.91 Å². The maximum atomic E-state index is 12.1. The first kappa shape index (κ1) is 16.4. The van der Waals surface area contributed by atoms with Crippen molar-refractivity contribution in [1.82, 2.24) is 10.2 Å². The summed E-state index contributed by atoms with van der Waals surface area (Å²) in [6.07, 6.45) is 5.43. The number of carbonyl (C=O) groups excluding carboxylic acids is 1. The SMILES string of the molecule is CCCCN(C1CC1)C(CN)CC(=O)NC(C)(C)C. The summed E-state index contributed by atoms with van der Waals surface area (Å²) in [5.74, 6) is 0.116. The van der Waals surface area contributed by atoms with Crippen molar-refractivity contribution in [1.29, 1.82) is 0 Å². The second kappa shape index (κ2) is 7.25. The molecule has 1 saturated carbocycles. The molecular formula is C15H31N3O. The Hall–Kier alpha value is -0.610. The van der Waals surface area contributed by atoms with Crippen molar-refractivity contribution < 1.29 is 4.79 Å². The number of unbranched alkanes of at least 4 members (excludes halogenated alkanes) is 1. The molecule has 0 saturated heterocycles. The molecule has 0 bridgehead atoms. The number of carbonyl (C=O) groups is 1. The second-order valence-corrected chi connectivity index (χ2v) is 6.71. The lowest BCUT2D eigenvalue weighted by atomic mass is 10.1. The number of nitrogens with zero attached hydrogens (tertiary/aromatic N) is 1. The molecule has 1 amide bonds. The second-order valence-electron chi connectivity index (χ2n) is 6.71. The van der Waals surface area contributed by atoms with Crippen LogP contribution in [-0.2, 0) is 4.79 Å². The van der Waals surface area contributed by atoms with Crippen molar-refractivity contribution in [2.75, 3.05) is 13.1 Å². The predicted molar refractivity (Wildman–Crippen MR) is 80.0 cm³/mol. The summed E-state index contributed by atoms with van der Waals surface area (Å²) < 4.78 is 0. The lowest BCUT2D eigenvalue weighted by molar-refractivity contribution is -0.123. The van der Waals surface area contributed by atoms with Crippen molar-refractivity contribution in [2.24, 2.45) is 5.73 Å². The molecule has 3 N–H and O–H groups in total. The van der Waals surface area contributed by atoms with Gasteiger partial charge in [0.1, 0.15) is 0 Å². The summed E-state index contributed by atoms with van der Waals surface area (Å²) >= 11 is 0. The molecule has 1 rings (SSSR count). The van der Waals surface area contributed by atoms with Crippen LogP contribution in [0.2, 0.25) is 0 Å². The van der Waals surface area contributed by atoms with Gasteiger partial charge in [0.15, 0.2) is 0 Å². The third kappa shape index (κ3) is 6.39. The molecule has 19 heavy (non-hydrogen) atoms. The number of hydrogen-bond acceptors (Lipinski definition) is 3. The zero-order chi connectivity index (χ0) is 14.5. The lowest BCUT2D eigenvalue weighted by Gasteiger charge is -2.31. The Balaban J connectivity index is 2.51. The fraction of sp³-hybridized carbons (Fsp3) is 0.933. The zero-order valence-electron chi connectivity index (χ0n) is 13.0. The van der Waals surface area contributed by atoms with Gasteiger partial charge in [-0.2, -0.15) is 0 Å². The standard InChI is InChI=1S/C15H31N3O/c1-5-6-9-18(12-7-8-12)13(11-16)10-14(19)17-15(2,3)4/h12-13H,5-11,16H2,1-4H3,(H,17,19). The van der Waals surface area contributed by atoms with Gasteiger partial charge in [-0.3, -0.25) is 9.69 Å². The van der Waals surface area contributed by atoms with Crippen LogP contribution >= 0.6 is 0 Å². The van der Waals surface area contributed by atoms with Crippen LogP contribution in [0.25, 0.3) is 0 Å². The largest absolute Gasteiger partial charge is 0.351 e. The summed E-state index contributed by atoms with van der Waals surface area (Å²) in [4.78, 5) is 14.5. The van der Waals surface area contributed by atoms with E-state index in [4.69, 9.17) is 5.73 Å². The van der Waals surface area contributed by atoms with Crippen LogP contribution in [0.1, 0.15) is 59.8 Å². The smallest absolute Gasteiger partial charge is 0.222 e. The Kier molecular flexibility index (Phi) is 6.27. The Bertz CT molecular complexity index is 282. The molecule has 112 valence electrons. The van der Waals surface area contributed by atoms with E-state index in [1.807, 2.05) is 20.8 Å². The average molecular weight is 269 g/mol. The Morgan fingerprint density at radius 2 is 2.05 bits per heavy atom. The molecule has 1 fully saturated rings. The molecule has 1 unspecified atom stereocenters. The third-order valence-corrected chi connectivity index (χ3v) is 3.46. The Labute approximate surface area is 118 Å². The highest BCUT2D eigenvalue weighted by Gasteiger charge is 2.34. The van der Waals surface area contributed by atoms with Crippen LogP contribution in [0.4, 0.5) is 0 Å². The highest BCUT2D eigenvalue weighted by Crippen LogP contribution is 2.29. The highest BCUT2D eigenvalue weighted by atomic mass is 16.1. The van der Waals surface area contributed by atoms with E-state index in [0.29, 0.717) is 19.0 Å². The molecule has 0 aromatic heterocycles. The molecule has 1 aliphatic rings. The lowest BCUT2D eigenvalue weighted by Crippen LogP contribution is -2.48. The van der Waals surface area contributed by atoms with Crippen molar-refractivity contribution in [3.05, 3.63) is 0 Å². The Morgan fingerprint density at radius 1 is 1.42 bits per heavy atom. The fourth-order valence-corrected chi connectivity index (χ4v) is 2.43. The number of nitrogens with two attached hydrogens (primary N) is 1. The van der Waals surface area contributed by atoms with Crippen LogP contribution in [0, 0.1) is 0 Å². The van der Waals surface area contributed by atoms with E-state index in [2.05, 4.69) is 17.1 Å². The van der Waals surface area contributed by atoms with Crippen LogP contribution in [0.15, 0.2) is 0 Å². The molecular weight excluding hydrogens is 238 g/mol. The molecule has 4 nitrogen and oxygen atoms in total. The van der Waals surface area contributed by atoms with Gasteiger partial charge in [-0.1, -0.05) is 13.3 Å². The normalized spacial score (nSPS) is 17.6. The zero-order valence-corrected chi connectivity index (χ0v) is 13.0. The number of hydrogen-bond donors (Lipinski definition) is 2. The van der Waals surface area contributed by atoms with Gasteiger partial charge in [-0.25, -0.2) is 0 Å². The minimum atomic E-state index is -0.163.